The standard InChI is InChI=1S/C29H32N6O8/c36-18-20-6-8-21(9-7-20)33-25(39)17-32-29(43)22(14-19-4-2-1-3-5-19)34-26(40)16-31-24(38)15-30-23(37)12-13-35-27(41)10-11-28(35)42/h1-11,22,36H,12-18H2,(H,30,37)(H,31,38)(H,32,43)(H,33,39)(H,34,40)/t22-/m0/s1. The highest BCUT2D eigenvalue weighted by Crippen LogP contribution is 2.09. The van der Waals surface area contributed by atoms with Gasteiger partial charge in [0.05, 0.1) is 26.2 Å². The van der Waals surface area contributed by atoms with E-state index in [-0.39, 0.29) is 32.5 Å². The van der Waals surface area contributed by atoms with Crippen molar-refractivity contribution >= 4 is 47.0 Å². The molecule has 0 saturated heterocycles. The predicted octanol–water partition coefficient (Wildman–Crippen LogP) is -1.49. The van der Waals surface area contributed by atoms with Crippen LogP contribution in [0.5, 0.6) is 0 Å². The van der Waals surface area contributed by atoms with E-state index in [0.29, 0.717) is 11.3 Å². The Morgan fingerprint density at radius 3 is 1.95 bits per heavy atom. The number of rotatable bonds is 15. The van der Waals surface area contributed by atoms with E-state index in [1.165, 1.54) is 0 Å². The lowest BCUT2D eigenvalue weighted by Gasteiger charge is -2.19. The van der Waals surface area contributed by atoms with Gasteiger partial charge in [0.2, 0.25) is 29.5 Å². The van der Waals surface area contributed by atoms with Crippen LogP contribution in [0.2, 0.25) is 0 Å². The summed E-state index contributed by atoms with van der Waals surface area (Å²) < 4.78 is 0. The summed E-state index contributed by atoms with van der Waals surface area (Å²) in [4.78, 5) is 85.8. The van der Waals surface area contributed by atoms with Crippen LogP contribution in [0.4, 0.5) is 5.69 Å². The zero-order valence-corrected chi connectivity index (χ0v) is 23.1. The molecule has 2 aromatic rings. The highest BCUT2D eigenvalue weighted by Gasteiger charge is 2.24. The number of imide groups is 1. The van der Waals surface area contributed by atoms with E-state index in [4.69, 9.17) is 5.11 Å². The Hall–Kier alpha value is -5.37. The van der Waals surface area contributed by atoms with Gasteiger partial charge in [-0.3, -0.25) is 38.5 Å². The average molecular weight is 593 g/mol. The first kappa shape index (κ1) is 32.1. The smallest absolute Gasteiger partial charge is 0.253 e. The Morgan fingerprint density at radius 2 is 1.30 bits per heavy atom. The van der Waals surface area contributed by atoms with Crippen LogP contribution < -0.4 is 26.6 Å². The van der Waals surface area contributed by atoms with Crippen molar-refractivity contribution in [1.29, 1.82) is 0 Å². The molecular weight excluding hydrogens is 560 g/mol. The Balaban J connectivity index is 1.44. The van der Waals surface area contributed by atoms with Crippen LogP contribution in [0.15, 0.2) is 66.7 Å². The van der Waals surface area contributed by atoms with Gasteiger partial charge in [-0.2, -0.15) is 0 Å². The number of nitrogens with zero attached hydrogens (tertiary/aromatic N) is 1. The van der Waals surface area contributed by atoms with Gasteiger partial charge in [0.15, 0.2) is 0 Å². The molecule has 0 saturated carbocycles. The Labute approximate surface area is 246 Å². The van der Waals surface area contributed by atoms with Gasteiger partial charge >= 0.3 is 0 Å². The number of hydrogen-bond donors (Lipinski definition) is 6. The van der Waals surface area contributed by atoms with Crippen LogP contribution in [0.1, 0.15) is 17.5 Å². The minimum atomic E-state index is -1.06. The monoisotopic (exact) mass is 592 g/mol. The van der Waals surface area contributed by atoms with Crippen molar-refractivity contribution < 1.29 is 38.7 Å². The highest BCUT2D eigenvalue weighted by atomic mass is 16.3. The first-order valence-corrected chi connectivity index (χ1v) is 13.3. The summed E-state index contributed by atoms with van der Waals surface area (Å²) in [5, 5.41) is 21.5. The van der Waals surface area contributed by atoms with E-state index in [9.17, 15) is 33.6 Å². The van der Waals surface area contributed by atoms with E-state index in [1.54, 1.807) is 54.6 Å². The number of aliphatic hydroxyl groups excluding tert-OH is 1. The largest absolute Gasteiger partial charge is 0.392 e. The normalized spacial score (nSPS) is 12.8. The summed E-state index contributed by atoms with van der Waals surface area (Å²) in [7, 11) is 0. The molecule has 1 aliphatic rings. The number of anilines is 1. The minimum absolute atomic E-state index is 0.115. The second-order valence-electron chi connectivity index (χ2n) is 9.40. The lowest BCUT2D eigenvalue weighted by atomic mass is 10.1. The van der Waals surface area contributed by atoms with Crippen molar-refractivity contribution in [1.82, 2.24) is 26.2 Å². The summed E-state index contributed by atoms with van der Waals surface area (Å²) in [5.74, 6) is -4.08. The lowest BCUT2D eigenvalue weighted by molar-refractivity contribution is -0.137. The molecule has 3 rings (SSSR count). The molecule has 0 bridgehead atoms. The fourth-order valence-corrected chi connectivity index (χ4v) is 3.87. The molecule has 6 N–H and O–H groups in total. The second kappa shape index (κ2) is 16.2. The highest BCUT2D eigenvalue weighted by molar-refractivity contribution is 6.13. The van der Waals surface area contributed by atoms with Crippen molar-refractivity contribution in [2.75, 3.05) is 31.5 Å². The molecule has 43 heavy (non-hydrogen) atoms. The van der Waals surface area contributed by atoms with Crippen molar-refractivity contribution in [2.45, 2.75) is 25.5 Å². The topological polar surface area (TPSA) is 203 Å². The van der Waals surface area contributed by atoms with Gasteiger partial charge in [0.25, 0.3) is 11.8 Å². The van der Waals surface area contributed by atoms with Gasteiger partial charge in [0, 0.05) is 37.2 Å². The molecule has 0 aliphatic carbocycles. The number of aliphatic hydroxyl groups is 1. The van der Waals surface area contributed by atoms with Gasteiger partial charge in [-0.05, 0) is 23.3 Å². The predicted molar refractivity (Wildman–Crippen MR) is 153 cm³/mol. The third-order valence-corrected chi connectivity index (χ3v) is 6.13. The maximum atomic E-state index is 12.9. The lowest BCUT2D eigenvalue weighted by Crippen LogP contribution is -2.52. The SMILES string of the molecule is O=C(CCN1C(=O)C=CC1=O)NCC(=O)NCC(=O)N[C@@H](Cc1ccccc1)C(=O)NCC(=O)Nc1ccc(CO)cc1. The van der Waals surface area contributed by atoms with Crippen molar-refractivity contribution in [3.8, 4) is 0 Å². The molecule has 1 atom stereocenters. The molecule has 0 spiro atoms. The molecule has 7 amide bonds. The maximum Gasteiger partial charge on any atom is 0.253 e. The van der Waals surface area contributed by atoms with E-state index in [1.807, 2.05) is 0 Å². The summed E-state index contributed by atoms with van der Waals surface area (Å²) >= 11 is 0. The Morgan fingerprint density at radius 1 is 0.698 bits per heavy atom. The van der Waals surface area contributed by atoms with Crippen LogP contribution in [0, 0.1) is 0 Å². The number of carbonyl (C=O) groups excluding carboxylic acids is 7. The van der Waals surface area contributed by atoms with Crippen molar-refractivity contribution in [2.24, 2.45) is 0 Å². The van der Waals surface area contributed by atoms with E-state index in [0.717, 1.165) is 22.6 Å². The molecule has 1 aliphatic heterocycles. The third kappa shape index (κ3) is 10.8. The van der Waals surface area contributed by atoms with Gasteiger partial charge in [-0.25, -0.2) is 0 Å². The molecular formula is C29H32N6O8. The molecule has 0 unspecified atom stereocenters. The zero-order chi connectivity index (χ0) is 31.2. The minimum Gasteiger partial charge on any atom is -0.392 e. The van der Waals surface area contributed by atoms with Crippen molar-refractivity contribution in [3.63, 3.8) is 0 Å². The summed E-state index contributed by atoms with van der Waals surface area (Å²) in [6.07, 6.45) is 2.12. The van der Waals surface area contributed by atoms with E-state index < -0.39 is 60.5 Å². The van der Waals surface area contributed by atoms with Crippen molar-refractivity contribution in [3.05, 3.63) is 77.9 Å². The van der Waals surface area contributed by atoms with Crippen LogP contribution in [0.3, 0.4) is 0 Å². The number of amides is 7. The maximum absolute atomic E-state index is 12.9. The van der Waals surface area contributed by atoms with Crippen LogP contribution >= 0.6 is 0 Å². The molecule has 14 nitrogen and oxygen atoms in total. The quantitative estimate of drug-likeness (QED) is 0.134. The first-order valence-electron chi connectivity index (χ1n) is 13.3. The molecule has 0 aromatic heterocycles. The third-order valence-electron chi connectivity index (χ3n) is 6.13. The van der Waals surface area contributed by atoms with Crippen LogP contribution in [-0.2, 0) is 46.6 Å². The Bertz CT molecular complexity index is 1360. The first-order chi connectivity index (χ1) is 20.6. The molecule has 2 aromatic carbocycles. The zero-order valence-electron chi connectivity index (χ0n) is 23.1. The fraction of sp³-hybridized carbons (Fsp3) is 0.276. The number of nitrogens with one attached hydrogen (secondary N) is 5. The van der Waals surface area contributed by atoms with Gasteiger partial charge in [0.1, 0.15) is 6.04 Å². The summed E-state index contributed by atoms with van der Waals surface area (Å²) in [5.41, 5.74) is 1.90. The molecule has 1 heterocycles. The van der Waals surface area contributed by atoms with E-state index >= 15 is 0 Å². The summed E-state index contributed by atoms with van der Waals surface area (Å²) in [6, 6.07) is 14.3. The number of benzene rings is 2. The molecule has 226 valence electrons. The van der Waals surface area contributed by atoms with Gasteiger partial charge in [-0.1, -0.05) is 42.5 Å². The van der Waals surface area contributed by atoms with Crippen LogP contribution in [-0.4, -0.2) is 83.6 Å². The number of hydrogen-bond acceptors (Lipinski definition) is 8. The average Bonchev–Trinajstić information content (AvgIpc) is 3.33. The second-order valence-corrected chi connectivity index (χ2v) is 9.40. The molecule has 14 heteroatoms. The summed E-state index contributed by atoms with van der Waals surface area (Å²) in [6.45, 7) is -1.57. The fourth-order valence-electron chi connectivity index (χ4n) is 3.87. The van der Waals surface area contributed by atoms with E-state index in [2.05, 4.69) is 26.6 Å². The molecule has 0 radical (unpaired) electrons. The number of carbonyl (C=O) groups is 7. The van der Waals surface area contributed by atoms with Crippen LogP contribution in [0.25, 0.3) is 0 Å². The van der Waals surface area contributed by atoms with Gasteiger partial charge in [-0.15, -0.1) is 0 Å². The molecule has 0 fully saturated rings. The van der Waals surface area contributed by atoms with Gasteiger partial charge < -0.3 is 31.7 Å². The Kier molecular flexibility index (Phi) is 12.1.